The molecular formula is C25H27F4N5O3. The van der Waals surface area contributed by atoms with Crippen LogP contribution in [0.25, 0.3) is 0 Å². The Balaban J connectivity index is 1.34. The van der Waals surface area contributed by atoms with Gasteiger partial charge in [-0.3, -0.25) is 19.3 Å². The van der Waals surface area contributed by atoms with Gasteiger partial charge in [0, 0.05) is 45.0 Å². The number of hydrogen-bond donors (Lipinski definition) is 2. The Morgan fingerprint density at radius 3 is 2.43 bits per heavy atom. The molecule has 2 heterocycles. The summed E-state index contributed by atoms with van der Waals surface area (Å²) in [5.74, 6) is -1.82. The van der Waals surface area contributed by atoms with Crippen LogP contribution in [-0.2, 0) is 20.6 Å². The Labute approximate surface area is 211 Å². The maximum absolute atomic E-state index is 14.1. The number of para-hydroxylation sites is 1. The molecule has 0 aliphatic carbocycles. The van der Waals surface area contributed by atoms with Crippen molar-refractivity contribution >= 4 is 29.1 Å². The van der Waals surface area contributed by atoms with Gasteiger partial charge in [0.2, 0.25) is 17.7 Å². The Hall–Kier alpha value is -3.67. The zero-order valence-corrected chi connectivity index (χ0v) is 19.9. The van der Waals surface area contributed by atoms with Crippen LogP contribution in [-0.4, -0.2) is 79.4 Å². The second-order valence-electron chi connectivity index (χ2n) is 8.94. The zero-order valence-electron chi connectivity index (χ0n) is 19.9. The van der Waals surface area contributed by atoms with Crippen LogP contribution < -0.4 is 15.5 Å². The first-order chi connectivity index (χ1) is 17.6. The summed E-state index contributed by atoms with van der Waals surface area (Å²) in [5.41, 5.74) is -0.456. The topological polar surface area (TPSA) is 85.0 Å². The molecule has 37 heavy (non-hydrogen) atoms. The van der Waals surface area contributed by atoms with Gasteiger partial charge >= 0.3 is 6.18 Å². The van der Waals surface area contributed by atoms with E-state index in [0.717, 1.165) is 12.1 Å². The summed E-state index contributed by atoms with van der Waals surface area (Å²) < 4.78 is 52.9. The number of rotatable bonds is 6. The van der Waals surface area contributed by atoms with Crippen molar-refractivity contribution in [3.63, 3.8) is 0 Å². The fourth-order valence-electron chi connectivity index (χ4n) is 4.51. The van der Waals surface area contributed by atoms with Crippen LogP contribution in [0, 0.1) is 5.82 Å². The minimum absolute atomic E-state index is 0.0319. The van der Waals surface area contributed by atoms with Crippen LogP contribution in [0.4, 0.5) is 28.9 Å². The molecule has 2 fully saturated rings. The van der Waals surface area contributed by atoms with Crippen molar-refractivity contribution in [3.05, 3.63) is 59.9 Å². The molecule has 0 radical (unpaired) electrons. The number of carbonyl (C=O) groups excluding carboxylic acids is 3. The molecule has 1 atom stereocenters. The molecule has 0 unspecified atom stereocenters. The van der Waals surface area contributed by atoms with E-state index in [0.29, 0.717) is 31.9 Å². The standard InChI is InChI=1S/C25H27F4N5O3/c26-19-6-1-2-7-20(19)33-12-10-32(11-13-33)16-23(36)34-9-8-30-24(37)21(34)15-22(35)31-18-5-3-4-17(14-18)25(27,28)29/h1-7,14,21H,8-13,15-16H2,(H,30,37)(H,31,35)/t21-/m1/s1. The minimum atomic E-state index is -4.56. The summed E-state index contributed by atoms with van der Waals surface area (Å²) in [6, 6.07) is 9.60. The molecular weight excluding hydrogens is 494 g/mol. The molecule has 2 aliphatic heterocycles. The summed E-state index contributed by atoms with van der Waals surface area (Å²) in [5, 5.41) is 5.02. The molecule has 0 spiro atoms. The van der Waals surface area contributed by atoms with Crippen molar-refractivity contribution in [3.8, 4) is 0 Å². The quantitative estimate of drug-likeness (QED) is 0.571. The molecule has 2 aliphatic rings. The van der Waals surface area contributed by atoms with Gasteiger partial charge < -0.3 is 20.4 Å². The third-order valence-corrected chi connectivity index (χ3v) is 6.43. The summed E-state index contributed by atoms with van der Waals surface area (Å²) in [6.45, 7) is 2.56. The van der Waals surface area contributed by atoms with Gasteiger partial charge in [0.05, 0.1) is 24.2 Å². The maximum Gasteiger partial charge on any atom is 0.416 e. The smallest absolute Gasteiger partial charge is 0.367 e. The summed E-state index contributed by atoms with van der Waals surface area (Å²) in [4.78, 5) is 43.4. The normalized spacial score (nSPS) is 18.9. The molecule has 2 N–H and O–H groups in total. The van der Waals surface area contributed by atoms with Gasteiger partial charge in [0.15, 0.2) is 0 Å². The van der Waals surface area contributed by atoms with Crippen LogP contribution in [0.15, 0.2) is 48.5 Å². The van der Waals surface area contributed by atoms with E-state index in [1.54, 1.807) is 18.2 Å². The highest BCUT2D eigenvalue weighted by molar-refractivity contribution is 5.97. The lowest BCUT2D eigenvalue weighted by Crippen LogP contribution is -2.60. The third-order valence-electron chi connectivity index (χ3n) is 6.43. The molecule has 2 aromatic carbocycles. The van der Waals surface area contributed by atoms with Gasteiger partial charge in [0.25, 0.3) is 0 Å². The zero-order chi connectivity index (χ0) is 26.6. The number of alkyl halides is 3. The summed E-state index contributed by atoms with van der Waals surface area (Å²) in [7, 11) is 0. The molecule has 0 aromatic heterocycles. The predicted molar refractivity (Wildman–Crippen MR) is 128 cm³/mol. The van der Waals surface area contributed by atoms with Crippen LogP contribution in [0.3, 0.4) is 0 Å². The van der Waals surface area contributed by atoms with Gasteiger partial charge in [-0.15, -0.1) is 0 Å². The van der Waals surface area contributed by atoms with Crippen molar-refractivity contribution in [2.45, 2.75) is 18.6 Å². The Kier molecular flexibility index (Phi) is 7.96. The van der Waals surface area contributed by atoms with Gasteiger partial charge in [-0.2, -0.15) is 13.2 Å². The van der Waals surface area contributed by atoms with Crippen LogP contribution >= 0.6 is 0 Å². The van der Waals surface area contributed by atoms with Crippen LogP contribution in [0.1, 0.15) is 12.0 Å². The highest BCUT2D eigenvalue weighted by Crippen LogP contribution is 2.30. The Morgan fingerprint density at radius 1 is 1.00 bits per heavy atom. The second kappa shape index (κ2) is 11.2. The van der Waals surface area contributed by atoms with Gasteiger partial charge in [0.1, 0.15) is 11.9 Å². The number of halogens is 4. The number of hydrogen-bond acceptors (Lipinski definition) is 5. The Morgan fingerprint density at radius 2 is 1.73 bits per heavy atom. The predicted octanol–water partition coefficient (Wildman–Crippen LogP) is 2.32. The van der Waals surface area contributed by atoms with Gasteiger partial charge in [-0.25, -0.2) is 4.39 Å². The molecule has 3 amide bonds. The molecule has 198 valence electrons. The van der Waals surface area contributed by atoms with E-state index >= 15 is 0 Å². The lowest BCUT2D eigenvalue weighted by molar-refractivity contribution is -0.145. The van der Waals surface area contributed by atoms with Crippen molar-refractivity contribution in [1.29, 1.82) is 0 Å². The van der Waals surface area contributed by atoms with E-state index < -0.39 is 36.0 Å². The number of benzene rings is 2. The molecule has 2 saturated heterocycles. The van der Waals surface area contributed by atoms with Gasteiger partial charge in [-0.05, 0) is 30.3 Å². The van der Waals surface area contributed by atoms with E-state index in [-0.39, 0.29) is 37.0 Å². The lowest BCUT2D eigenvalue weighted by Gasteiger charge is -2.39. The Bertz CT molecular complexity index is 1150. The average Bonchev–Trinajstić information content (AvgIpc) is 2.86. The van der Waals surface area contributed by atoms with Gasteiger partial charge in [-0.1, -0.05) is 18.2 Å². The SMILES string of the molecule is O=C(C[C@@H]1C(=O)NCCN1C(=O)CN1CCN(c2ccccc2F)CC1)Nc1cccc(C(F)(F)F)c1. The molecule has 2 aromatic rings. The van der Waals surface area contributed by atoms with E-state index in [1.807, 2.05) is 9.80 Å². The molecule has 0 saturated carbocycles. The molecule has 8 nitrogen and oxygen atoms in total. The first-order valence-electron chi connectivity index (χ1n) is 11.9. The van der Waals surface area contributed by atoms with Crippen LogP contribution in [0.5, 0.6) is 0 Å². The largest absolute Gasteiger partial charge is 0.416 e. The van der Waals surface area contributed by atoms with E-state index in [4.69, 9.17) is 0 Å². The maximum atomic E-state index is 14.1. The fourth-order valence-corrected chi connectivity index (χ4v) is 4.51. The first kappa shape index (κ1) is 26.4. The summed E-state index contributed by atoms with van der Waals surface area (Å²) in [6.07, 6.45) is -4.96. The molecule has 0 bridgehead atoms. The third kappa shape index (κ3) is 6.56. The van der Waals surface area contributed by atoms with E-state index in [2.05, 4.69) is 10.6 Å². The van der Waals surface area contributed by atoms with Crippen molar-refractivity contribution in [1.82, 2.24) is 15.1 Å². The summed E-state index contributed by atoms with van der Waals surface area (Å²) >= 11 is 0. The fraction of sp³-hybridized carbons (Fsp3) is 0.400. The number of anilines is 2. The van der Waals surface area contributed by atoms with Crippen molar-refractivity contribution in [2.75, 3.05) is 56.0 Å². The molecule has 12 heteroatoms. The average molecular weight is 522 g/mol. The van der Waals surface area contributed by atoms with Crippen LogP contribution in [0.2, 0.25) is 0 Å². The minimum Gasteiger partial charge on any atom is -0.367 e. The number of amides is 3. The highest BCUT2D eigenvalue weighted by Gasteiger charge is 2.36. The number of piperazine rings is 2. The number of nitrogens with zero attached hydrogens (tertiary/aromatic N) is 3. The number of nitrogens with one attached hydrogen (secondary N) is 2. The monoisotopic (exact) mass is 521 g/mol. The second-order valence-corrected chi connectivity index (χ2v) is 8.94. The van der Waals surface area contributed by atoms with E-state index in [9.17, 15) is 31.9 Å². The number of carbonyl (C=O) groups is 3. The lowest BCUT2D eigenvalue weighted by atomic mass is 10.1. The van der Waals surface area contributed by atoms with Crippen molar-refractivity contribution in [2.24, 2.45) is 0 Å². The first-order valence-corrected chi connectivity index (χ1v) is 11.9. The van der Waals surface area contributed by atoms with Crippen molar-refractivity contribution < 1.29 is 31.9 Å². The van der Waals surface area contributed by atoms with E-state index in [1.165, 1.54) is 23.1 Å². The molecule has 4 rings (SSSR count). The highest BCUT2D eigenvalue weighted by atomic mass is 19.4.